The molecular formula is C17H22ClN3O2. The number of hydrogen-bond acceptors (Lipinski definition) is 3. The molecule has 1 aromatic heterocycles. The molecule has 124 valence electrons. The van der Waals surface area contributed by atoms with E-state index in [1.165, 1.54) is 0 Å². The molecule has 1 amide bonds. The number of carbonyl (C=O) groups is 1. The van der Waals surface area contributed by atoms with Gasteiger partial charge in [0.05, 0.1) is 12.0 Å². The van der Waals surface area contributed by atoms with Crippen molar-refractivity contribution in [1.82, 2.24) is 14.9 Å². The van der Waals surface area contributed by atoms with E-state index in [1.54, 1.807) is 12.5 Å². The van der Waals surface area contributed by atoms with Crippen molar-refractivity contribution in [3.63, 3.8) is 0 Å². The predicted octanol–water partition coefficient (Wildman–Crippen LogP) is 3.90. The summed E-state index contributed by atoms with van der Waals surface area (Å²) in [7, 11) is 0. The molecule has 0 saturated carbocycles. The summed E-state index contributed by atoms with van der Waals surface area (Å²) in [4.78, 5) is 15.9. The summed E-state index contributed by atoms with van der Waals surface area (Å²) in [5.41, 5.74) is 2.59. The fourth-order valence-electron chi connectivity index (χ4n) is 2.17. The summed E-state index contributed by atoms with van der Waals surface area (Å²) < 4.78 is 7.20. The van der Waals surface area contributed by atoms with Crippen LogP contribution in [0.15, 0.2) is 30.7 Å². The molecular weight excluding hydrogens is 314 g/mol. The summed E-state index contributed by atoms with van der Waals surface area (Å²) in [6.07, 6.45) is 3.77. The second-order valence-electron chi connectivity index (χ2n) is 6.36. The third-order valence-electron chi connectivity index (χ3n) is 3.20. The Hall–Kier alpha value is -2.01. The number of amides is 1. The van der Waals surface area contributed by atoms with Crippen LogP contribution in [0.2, 0.25) is 5.02 Å². The molecule has 2 rings (SSSR count). The highest BCUT2D eigenvalue weighted by atomic mass is 35.5. The number of aromatic nitrogens is 2. The van der Waals surface area contributed by atoms with Crippen molar-refractivity contribution in [3.05, 3.63) is 47.0 Å². The summed E-state index contributed by atoms with van der Waals surface area (Å²) in [5.74, 6) is 0. The highest BCUT2D eigenvalue weighted by molar-refractivity contribution is 6.30. The Bertz CT molecular complexity index is 689. The van der Waals surface area contributed by atoms with Gasteiger partial charge in [-0.05, 0) is 45.4 Å². The zero-order valence-electron chi connectivity index (χ0n) is 13.9. The number of alkyl carbamates (subject to hydrolysis) is 1. The van der Waals surface area contributed by atoms with Crippen LogP contribution in [0.5, 0.6) is 0 Å². The van der Waals surface area contributed by atoms with Gasteiger partial charge < -0.3 is 14.6 Å². The van der Waals surface area contributed by atoms with Crippen LogP contribution in [0.4, 0.5) is 4.79 Å². The molecule has 5 nitrogen and oxygen atoms in total. The van der Waals surface area contributed by atoms with Crippen LogP contribution in [0, 0.1) is 6.92 Å². The number of rotatable bonds is 4. The maximum Gasteiger partial charge on any atom is 0.407 e. The summed E-state index contributed by atoms with van der Waals surface area (Å²) >= 11 is 6.09. The minimum absolute atomic E-state index is 0.414. The molecule has 0 spiro atoms. The van der Waals surface area contributed by atoms with Gasteiger partial charge in [0, 0.05) is 29.9 Å². The van der Waals surface area contributed by atoms with Crippen LogP contribution in [0.25, 0.3) is 5.69 Å². The first-order valence-electron chi connectivity index (χ1n) is 7.51. The Morgan fingerprint density at radius 1 is 1.39 bits per heavy atom. The molecule has 23 heavy (non-hydrogen) atoms. The van der Waals surface area contributed by atoms with E-state index in [-0.39, 0.29) is 0 Å². The standard InChI is InChI=1S/C17H22ClN3O2/c1-12-5-6-13(18)9-15(12)21-11-19-10-14(21)7-8-20-16(22)23-17(2,3)4/h5-6,9-11H,7-8H2,1-4H3,(H,20,22). The van der Waals surface area contributed by atoms with Gasteiger partial charge in [-0.1, -0.05) is 17.7 Å². The third kappa shape index (κ3) is 4.99. The zero-order valence-corrected chi connectivity index (χ0v) is 14.6. The van der Waals surface area contributed by atoms with E-state index < -0.39 is 11.7 Å². The number of imidazole rings is 1. The van der Waals surface area contributed by atoms with Gasteiger partial charge in [0.15, 0.2) is 0 Å². The van der Waals surface area contributed by atoms with Crippen LogP contribution in [0.3, 0.4) is 0 Å². The van der Waals surface area contributed by atoms with E-state index >= 15 is 0 Å². The lowest BCUT2D eigenvalue weighted by Gasteiger charge is -2.19. The quantitative estimate of drug-likeness (QED) is 0.921. The van der Waals surface area contributed by atoms with Gasteiger partial charge in [-0.3, -0.25) is 0 Å². The normalized spacial score (nSPS) is 11.3. The van der Waals surface area contributed by atoms with Gasteiger partial charge in [-0.2, -0.15) is 0 Å². The van der Waals surface area contributed by atoms with Crippen molar-refractivity contribution in [1.29, 1.82) is 0 Å². The number of hydrogen-bond donors (Lipinski definition) is 1. The Balaban J connectivity index is 2.02. The number of nitrogens with one attached hydrogen (secondary N) is 1. The molecule has 0 aliphatic heterocycles. The van der Waals surface area contributed by atoms with E-state index in [2.05, 4.69) is 10.3 Å². The minimum Gasteiger partial charge on any atom is -0.444 e. The molecule has 0 aliphatic carbocycles. The summed E-state index contributed by atoms with van der Waals surface area (Å²) in [6, 6.07) is 5.74. The molecule has 1 N–H and O–H groups in total. The molecule has 1 aromatic carbocycles. The van der Waals surface area contributed by atoms with E-state index in [1.807, 2.05) is 50.5 Å². The second kappa shape index (κ2) is 7.04. The molecule has 0 aliphatic rings. The summed E-state index contributed by atoms with van der Waals surface area (Å²) in [5, 5.41) is 3.43. The Morgan fingerprint density at radius 3 is 2.83 bits per heavy atom. The molecule has 0 saturated heterocycles. The van der Waals surface area contributed by atoms with Gasteiger partial charge in [0.2, 0.25) is 0 Å². The molecule has 0 atom stereocenters. The van der Waals surface area contributed by atoms with E-state index in [9.17, 15) is 4.79 Å². The van der Waals surface area contributed by atoms with Gasteiger partial charge in [-0.25, -0.2) is 9.78 Å². The topological polar surface area (TPSA) is 56.2 Å². The van der Waals surface area contributed by atoms with E-state index in [4.69, 9.17) is 16.3 Å². The van der Waals surface area contributed by atoms with Crippen LogP contribution in [-0.4, -0.2) is 27.8 Å². The SMILES string of the molecule is Cc1ccc(Cl)cc1-n1cncc1CCNC(=O)OC(C)(C)C. The zero-order chi connectivity index (χ0) is 17.0. The minimum atomic E-state index is -0.496. The third-order valence-corrected chi connectivity index (χ3v) is 3.43. The average Bonchev–Trinajstić information content (AvgIpc) is 2.88. The average molecular weight is 336 g/mol. The molecule has 6 heteroatoms. The largest absolute Gasteiger partial charge is 0.444 e. The molecule has 0 radical (unpaired) electrons. The van der Waals surface area contributed by atoms with Crippen LogP contribution in [0.1, 0.15) is 32.0 Å². The fraction of sp³-hybridized carbons (Fsp3) is 0.412. The van der Waals surface area contributed by atoms with Crippen LogP contribution in [-0.2, 0) is 11.2 Å². The first kappa shape index (κ1) is 17.3. The number of benzene rings is 1. The highest BCUT2D eigenvalue weighted by Gasteiger charge is 2.16. The van der Waals surface area contributed by atoms with Gasteiger partial charge in [0.1, 0.15) is 5.60 Å². The predicted molar refractivity (Wildman–Crippen MR) is 91.3 cm³/mol. The Labute approximate surface area is 141 Å². The van der Waals surface area contributed by atoms with Gasteiger partial charge >= 0.3 is 6.09 Å². The second-order valence-corrected chi connectivity index (χ2v) is 6.80. The van der Waals surface area contributed by atoms with E-state index in [0.717, 1.165) is 16.9 Å². The number of ether oxygens (including phenoxy) is 1. The molecule has 0 bridgehead atoms. The number of halogens is 1. The van der Waals surface area contributed by atoms with Crippen LogP contribution < -0.4 is 5.32 Å². The summed E-state index contributed by atoms with van der Waals surface area (Å²) in [6.45, 7) is 8.01. The lowest BCUT2D eigenvalue weighted by Crippen LogP contribution is -2.33. The molecule has 1 heterocycles. The van der Waals surface area contributed by atoms with Crippen LogP contribution >= 0.6 is 11.6 Å². The number of aryl methyl sites for hydroxylation is 1. The van der Waals surface area contributed by atoms with Gasteiger partial charge in [0.25, 0.3) is 0 Å². The van der Waals surface area contributed by atoms with Crippen molar-refractivity contribution in [2.75, 3.05) is 6.54 Å². The van der Waals surface area contributed by atoms with Crippen molar-refractivity contribution in [3.8, 4) is 5.69 Å². The van der Waals surface area contributed by atoms with Gasteiger partial charge in [-0.15, -0.1) is 0 Å². The van der Waals surface area contributed by atoms with Crippen molar-refractivity contribution < 1.29 is 9.53 Å². The fourth-order valence-corrected chi connectivity index (χ4v) is 2.34. The monoisotopic (exact) mass is 335 g/mol. The first-order chi connectivity index (χ1) is 10.8. The van der Waals surface area contributed by atoms with Crippen molar-refractivity contribution >= 4 is 17.7 Å². The van der Waals surface area contributed by atoms with E-state index in [0.29, 0.717) is 18.0 Å². The molecule has 0 unspecified atom stereocenters. The Kier molecular flexibility index (Phi) is 5.31. The number of carbonyl (C=O) groups excluding carboxylic acids is 1. The van der Waals surface area contributed by atoms with Crippen molar-refractivity contribution in [2.45, 2.75) is 39.7 Å². The smallest absolute Gasteiger partial charge is 0.407 e. The highest BCUT2D eigenvalue weighted by Crippen LogP contribution is 2.21. The lowest BCUT2D eigenvalue weighted by molar-refractivity contribution is 0.0528. The lowest BCUT2D eigenvalue weighted by atomic mass is 10.2. The number of nitrogens with zero attached hydrogens (tertiary/aromatic N) is 2. The maximum absolute atomic E-state index is 11.7. The first-order valence-corrected chi connectivity index (χ1v) is 7.88. The van der Waals surface area contributed by atoms with Crippen molar-refractivity contribution in [2.24, 2.45) is 0 Å². The maximum atomic E-state index is 11.7. The molecule has 0 fully saturated rings. The molecule has 2 aromatic rings. The Morgan fingerprint density at radius 2 is 2.13 bits per heavy atom.